The number of anilines is 3. The lowest BCUT2D eigenvalue weighted by molar-refractivity contribution is -0.142. The maximum atomic E-state index is 5.71. The van der Waals surface area contributed by atoms with E-state index in [1.54, 1.807) is 0 Å². The molecule has 2 aliphatic heterocycles. The second kappa shape index (κ2) is 10.4. The summed E-state index contributed by atoms with van der Waals surface area (Å²) in [6.07, 6.45) is 0.111. The van der Waals surface area contributed by atoms with Crippen LogP contribution >= 0.6 is 0 Å². The average molecular weight is 473 g/mol. The van der Waals surface area contributed by atoms with Gasteiger partial charge in [0.15, 0.2) is 5.79 Å². The number of likely N-dealkylation sites (N-methyl/N-ethyl adjacent to an activating group) is 1. The van der Waals surface area contributed by atoms with E-state index in [0.29, 0.717) is 0 Å². The standard InChI is InChI=1S/C28H36N6O/c1-28(29-24-13-7-4-8-14-24)32(31-19-21-35-22-20-31)23-27(30(2)3)34(28)33(25-15-9-5-10-16-25)26-17-11-6-12-18-26/h4-18,27,29H,19-23H2,1-3H3. The molecule has 2 saturated heterocycles. The average Bonchev–Trinajstić information content (AvgIpc) is 3.19. The van der Waals surface area contributed by atoms with Crippen molar-refractivity contribution in [2.45, 2.75) is 18.9 Å². The van der Waals surface area contributed by atoms with Crippen LogP contribution in [0.2, 0.25) is 0 Å². The Morgan fingerprint density at radius 3 is 1.83 bits per heavy atom. The van der Waals surface area contributed by atoms with Gasteiger partial charge in [-0.15, -0.1) is 0 Å². The van der Waals surface area contributed by atoms with Crippen LogP contribution in [0.15, 0.2) is 91.0 Å². The van der Waals surface area contributed by atoms with Crippen LogP contribution < -0.4 is 10.3 Å². The molecule has 2 aliphatic rings. The molecule has 7 heteroatoms. The molecular weight excluding hydrogens is 436 g/mol. The number of rotatable bonds is 7. The second-order valence-corrected chi connectivity index (χ2v) is 9.43. The summed E-state index contributed by atoms with van der Waals surface area (Å²) < 4.78 is 5.71. The summed E-state index contributed by atoms with van der Waals surface area (Å²) in [7, 11) is 4.33. The van der Waals surface area contributed by atoms with Crippen molar-refractivity contribution in [1.82, 2.24) is 19.9 Å². The summed E-state index contributed by atoms with van der Waals surface area (Å²) >= 11 is 0. The van der Waals surface area contributed by atoms with Gasteiger partial charge >= 0.3 is 0 Å². The Kier molecular flexibility index (Phi) is 7.04. The monoisotopic (exact) mass is 472 g/mol. The molecule has 3 aromatic rings. The van der Waals surface area contributed by atoms with Crippen molar-refractivity contribution in [3.63, 3.8) is 0 Å². The van der Waals surface area contributed by atoms with Gasteiger partial charge in [-0.25, -0.2) is 5.01 Å². The first-order valence-electron chi connectivity index (χ1n) is 12.4. The fourth-order valence-electron chi connectivity index (χ4n) is 5.17. The SMILES string of the molecule is CN(C)C1CN(N2CCOCC2)C(C)(Nc2ccccc2)N1N(c1ccccc1)c1ccccc1. The largest absolute Gasteiger partial charge is 0.379 e. The molecule has 1 N–H and O–H groups in total. The molecule has 3 aromatic carbocycles. The van der Waals surface area contributed by atoms with Crippen molar-refractivity contribution in [3.8, 4) is 0 Å². The van der Waals surface area contributed by atoms with Gasteiger partial charge < -0.3 is 10.1 Å². The highest BCUT2D eigenvalue weighted by Gasteiger charge is 2.55. The van der Waals surface area contributed by atoms with Gasteiger partial charge in [0.1, 0.15) is 0 Å². The molecule has 35 heavy (non-hydrogen) atoms. The first kappa shape index (κ1) is 23.8. The molecule has 0 spiro atoms. The summed E-state index contributed by atoms with van der Waals surface area (Å²) in [4.78, 5) is 2.31. The van der Waals surface area contributed by atoms with Gasteiger partial charge in [0, 0.05) is 25.3 Å². The molecule has 0 bridgehead atoms. The van der Waals surface area contributed by atoms with Crippen molar-refractivity contribution >= 4 is 17.1 Å². The molecule has 0 radical (unpaired) electrons. The fourth-order valence-corrected chi connectivity index (χ4v) is 5.17. The Balaban J connectivity index is 1.66. The first-order chi connectivity index (χ1) is 17.1. The molecular formula is C28H36N6O. The van der Waals surface area contributed by atoms with E-state index < -0.39 is 5.79 Å². The lowest BCUT2D eigenvalue weighted by atomic mass is 10.2. The van der Waals surface area contributed by atoms with Crippen molar-refractivity contribution in [2.24, 2.45) is 0 Å². The van der Waals surface area contributed by atoms with E-state index in [2.05, 4.69) is 142 Å². The lowest BCUT2D eigenvalue weighted by Crippen LogP contribution is -2.67. The van der Waals surface area contributed by atoms with Gasteiger partial charge in [0.25, 0.3) is 0 Å². The highest BCUT2D eigenvalue weighted by atomic mass is 16.5. The van der Waals surface area contributed by atoms with Crippen molar-refractivity contribution in [3.05, 3.63) is 91.0 Å². The predicted molar refractivity (Wildman–Crippen MR) is 142 cm³/mol. The fraction of sp³-hybridized carbons (Fsp3) is 0.357. The van der Waals surface area contributed by atoms with Crippen LogP contribution in [0, 0.1) is 0 Å². The summed E-state index contributed by atoms with van der Waals surface area (Å²) in [5.41, 5.74) is 3.32. The molecule has 0 aromatic heterocycles. The first-order valence-corrected chi connectivity index (χ1v) is 12.4. The van der Waals surface area contributed by atoms with Crippen LogP contribution in [0.1, 0.15) is 6.92 Å². The highest BCUT2D eigenvalue weighted by molar-refractivity contribution is 5.62. The quantitative estimate of drug-likeness (QED) is 0.550. The predicted octanol–water partition coefficient (Wildman–Crippen LogP) is 4.28. The van der Waals surface area contributed by atoms with Gasteiger partial charge in [0.2, 0.25) is 0 Å². The van der Waals surface area contributed by atoms with E-state index in [9.17, 15) is 0 Å². The van der Waals surface area contributed by atoms with Crippen LogP contribution in [-0.4, -0.2) is 78.8 Å². The van der Waals surface area contributed by atoms with E-state index in [1.807, 2.05) is 0 Å². The zero-order valence-electron chi connectivity index (χ0n) is 20.9. The lowest BCUT2D eigenvalue weighted by Gasteiger charge is -2.51. The Hall–Kier alpha value is -2.94. The number of nitrogens with one attached hydrogen (secondary N) is 1. The van der Waals surface area contributed by atoms with E-state index in [-0.39, 0.29) is 6.17 Å². The molecule has 0 amide bonds. The van der Waals surface area contributed by atoms with Crippen LogP contribution in [0.5, 0.6) is 0 Å². The molecule has 2 heterocycles. The van der Waals surface area contributed by atoms with Gasteiger partial charge in [-0.3, -0.25) is 9.91 Å². The van der Waals surface area contributed by atoms with Crippen LogP contribution in [-0.2, 0) is 4.74 Å². The number of hydrogen-bond donors (Lipinski definition) is 1. The minimum atomic E-state index is -0.556. The summed E-state index contributed by atoms with van der Waals surface area (Å²) in [5, 5.41) is 13.7. The number of nitrogens with zero attached hydrogens (tertiary/aromatic N) is 5. The normalized spacial score (nSPS) is 24.1. The Bertz CT molecular complexity index is 1020. The Morgan fingerprint density at radius 1 is 0.800 bits per heavy atom. The van der Waals surface area contributed by atoms with Crippen LogP contribution in [0.25, 0.3) is 0 Å². The molecule has 2 atom stereocenters. The molecule has 184 valence electrons. The number of ether oxygens (including phenoxy) is 1. The third kappa shape index (κ3) is 4.78. The minimum absolute atomic E-state index is 0.111. The number of hydrazine groups is 2. The summed E-state index contributed by atoms with van der Waals surface area (Å²) in [6, 6.07) is 31.8. The third-order valence-corrected chi connectivity index (χ3v) is 6.86. The number of para-hydroxylation sites is 3. The molecule has 0 saturated carbocycles. The molecule has 2 unspecified atom stereocenters. The minimum Gasteiger partial charge on any atom is -0.379 e. The third-order valence-electron chi connectivity index (χ3n) is 6.86. The van der Waals surface area contributed by atoms with E-state index >= 15 is 0 Å². The number of morpholine rings is 1. The number of hydrogen-bond acceptors (Lipinski definition) is 7. The topological polar surface area (TPSA) is 37.5 Å². The van der Waals surface area contributed by atoms with Crippen molar-refractivity contribution < 1.29 is 4.74 Å². The van der Waals surface area contributed by atoms with Crippen molar-refractivity contribution in [2.75, 3.05) is 57.3 Å². The van der Waals surface area contributed by atoms with Gasteiger partial charge in [-0.05, 0) is 57.4 Å². The van der Waals surface area contributed by atoms with Gasteiger partial charge in [0.05, 0.1) is 30.8 Å². The van der Waals surface area contributed by atoms with Crippen LogP contribution in [0.3, 0.4) is 0 Å². The maximum absolute atomic E-state index is 5.71. The van der Waals surface area contributed by atoms with Gasteiger partial charge in [-0.2, -0.15) is 10.0 Å². The zero-order chi connectivity index (χ0) is 24.3. The van der Waals surface area contributed by atoms with E-state index in [0.717, 1.165) is 49.9 Å². The van der Waals surface area contributed by atoms with Crippen LogP contribution in [0.4, 0.5) is 17.1 Å². The van der Waals surface area contributed by atoms with E-state index in [4.69, 9.17) is 4.74 Å². The van der Waals surface area contributed by atoms with Crippen molar-refractivity contribution in [1.29, 1.82) is 0 Å². The summed E-state index contributed by atoms with van der Waals surface area (Å²) in [6.45, 7) is 6.36. The number of benzene rings is 3. The summed E-state index contributed by atoms with van der Waals surface area (Å²) in [5.74, 6) is -0.556. The highest BCUT2D eigenvalue weighted by Crippen LogP contribution is 2.41. The maximum Gasteiger partial charge on any atom is 0.177 e. The van der Waals surface area contributed by atoms with Gasteiger partial charge in [-0.1, -0.05) is 54.6 Å². The Morgan fingerprint density at radius 2 is 1.31 bits per heavy atom. The Labute approximate surface area is 209 Å². The zero-order valence-corrected chi connectivity index (χ0v) is 20.9. The second-order valence-electron chi connectivity index (χ2n) is 9.43. The molecule has 7 nitrogen and oxygen atoms in total. The smallest absolute Gasteiger partial charge is 0.177 e. The molecule has 2 fully saturated rings. The molecule has 0 aliphatic carbocycles. The van der Waals surface area contributed by atoms with E-state index in [1.165, 1.54) is 0 Å². The molecule has 5 rings (SSSR count).